The number of esters is 1. The molecule has 0 aliphatic heterocycles. The van der Waals surface area contributed by atoms with E-state index in [2.05, 4.69) is 5.32 Å². The molecule has 0 fully saturated rings. The van der Waals surface area contributed by atoms with Crippen LogP contribution in [0.15, 0.2) is 35.0 Å². The molecule has 0 bridgehead atoms. The third-order valence-electron chi connectivity index (χ3n) is 2.50. The molecule has 1 heterocycles. The zero-order chi connectivity index (χ0) is 15.2. The SMILES string of the molecule is O=C(COC(=O)Cc1ccsc1)Nc1cc(F)ccc1F. The first-order valence-corrected chi connectivity index (χ1v) is 6.90. The highest BCUT2D eigenvalue weighted by Gasteiger charge is 2.11. The van der Waals surface area contributed by atoms with Crippen LogP contribution < -0.4 is 5.32 Å². The summed E-state index contributed by atoms with van der Waals surface area (Å²) < 4.78 is 31.0. The molecule has 4 nitrogen and oxygen atoms in total. The average Bonchev–Trinajstić information content (AvgIpc) is 2.93. The minimum atomic E-state index is -0.769. The smallest absolute Gasteiger partial charge is 0.310 e. The lowest BCUT2D eigenvalue weighted by molar-refractivity contribution is -0.146. The maximum atomic E-state index is 13.3. The molecule has 2 aromatic rings. The largest absolute Gasteiger partial charge is 0.455 e. The quantitative estimate of drug-likeness (QED) is 0.864. The summed E-state index contributed by atoms with van der Waals surface area (Å²) in [5.74, 6) is -2.75. The molecule has 2 rings (SSSR count). The maximum absolute atomic E-state index is 13.3. The first kappa shape index (κ1) is 15.1. The Morgan fingerprint density at radius 3 is 2.76 bits per heavy atom. The van der Waals surface area contributed by atoms with E-state index in [0.29, 0.717) is 0 Å². The Morgan fingerprint density at radius 1 is 1.24 bits per heavy atom. The van der Waals surface area contributed by atoms with E-state index in [1.807, 2.05) is 5.38 Å². The van der Waals surface area contributed by atoms with Gasteiger partial charge in [-0.1, -0.05) is 0 Å². The summed E-state index contributed by atoms with van der Waals surface area (Å²) in [7, 11) is 0. The zero-order valence-corrected chi connectivity index (χ0v) is 11.6. The molecule has 1 amide bonds. The predicted molar refractivity (Wildman–Crippen MR) is 74.0 cm³/mol. The number of carbonyl (C=O) groups excluding carboxylic acids is 2. The lowest BCUT2D eigenvalue weighted by Gasteiger charge is -2.07. The summed E-state index contributed by atoms with van der Waals surface area (Å²) in [6.45, 7) is -0.557. The number of ether oxygens (including phenoxy) is 1. The van der Waals surface area contributed by atoms with Crippen molar-refractivity contribution in [1.29, 1.82) is 0 Å². The lowest BCUT2D eigenvalue weighted by Crippen LogP contribution is -2.22. The number of thiophene rings is 1. The Morgan fingerprint density at radius 2 is 2.05 bits per heavy atom. The summed E-state index contributed by atoms with van der Waals surface area (Å²) in [6.07, 6.45) is 0.0606. The predicted octanol–water partition coefficient (Wildman–Crippen LogP) is 2.75. The van der Waals surface area contributed by atoms with Crippen molar-refractivity contribution in [2.24, 2.45) is 0 Å². The van der Waals surface area contributed by atoms with Crippen molar-refractivity contribution in [3.05, 3.63) is 52.2 Å². The second-order valence-corrected chi connectivity index (χ2v) is 4.92. The third kappa shape index (κ3) is 4.64. The van der Waals surface area contributed by atoms with E-state index in [1.54, 1.807) is 11.4 Å². The van der Waals surface area contributed by atoms with Gasteiger partial charge in [0, 0.05) is 6.07 Å². The first-order valence-electron chi connectivity index (χ1n) is 5.96. The van der Waals surface area contributed by atoms with Crippen molar-refractivity contribution in [1.82, 2.24) is 0 Å². The Balaban J connectivity index is 1.82. The minimum absolute atomic E-state index is 0.0606. The van der Waals surface area contributed by atoms with Gasteiger partial charge in [-0.3, -0.25) is 9.59 Å². The summed E-state index contributed by atoms with van der Waals surface area (Å²) in [5, 5.41) is 5.75. The van der Waals surface area contributed by atoms with Crippen LogP contribution in [0.2, 0.25) is 0 Å². The van der Waals surface area contributed by atoms with Crippen LogP contribution in [0.3, 0.4) is 0 Å². The van der Waals surface area contributed by atoms with Crippen molar-refractivity contribution < 1.29 is 23.1 Å². The highest BCUT2D eigenvalue weighted by molar-refractivity contribution is 7.07. The maximum Gasteiger partial charge on any atom is 0.310 e. The van der Waals surface area contributed by atoms with Crippen LogP contribution in [-0.4, -0.2) is 18.5 Å². The van der Waals surface area contributed by atoms with Crippen molar-refractivity contribution in [2.45, 2.75) is 6.42 Å². The third-order valence-corrected chi connectivity index (χ3v) is 3.23. The van der Waals surface area contributed by atoms with Crippen molar-refractivity contribution in [3.63, 3.8) is 0 Å². The number of benzene rings is 1. The fraction of sp³-hybridized carbons (Fsp3) is 0.143. The number of rotatable bonds is 5. The van der Waals surface area contributed by atoms with Gasteiger partial charge < -0.3 is 10.1 Å². The monoisotopic (exact) mass is 311 g/mol. The molecule has 0 saturated heterocycles. The average molecular weight is 311 g/mol. The van der Waals surface area contributed by atoms with E-state index in [9.17, 15) is 18.4 Å². The molecule has 0 aliphatic carbocycles. The Labute approximate surface area is 123 Å². The van der Waals surface area contributed by atoms with E-state index in [4.69, 9.17) is 4.74 Å². The molecule has 0 radical (unpaired) electrons. The van der Waals surface area contributed by atoms with Crippen LogP contribution in [-0.2, 0) is 20.7 Å². The molecule has 1 aromatic heterocycles. The number of carbonyl (C=O) groups is 2. The van der Waals surface area contributed by atoms with Crippen LogP contribution >= 0.6 is 11.3 Å². The lowest BCUT2D eigenvalue weighted by atomic mass is 10.2. The molecule has 0 unspecified atom stereocenters. The van der Waals surface area contributed by atoms with Gasteiger partial charge in [0.15, 0.2) is 6.61 Å². The number of amides is 1. The Hall–Kier alpha value is -2.28. The fourth-order valence-electron chi connectivity index (χ4n) is 1.54. The number of anilines is 1. The Kier molecular flexibility index (Phi) is 4.99. The van der Waals surface area contributed by atoms with Gasteiger partial charge in [0.05, 0.1) is 12.1 Å². The van der Waals surface area contributed by atoms with Crippen LogP contribution in [0.1, 0.15) is 5.56 Å². The molecule has 1 aromatic carbocycles. The van der Waals surface area contributed by atoms with Gasteiger partial charge in [0.2, 0.25) is 0 Å². The van der Waals surface area contributed by atoms with Gasteiger partial charge in [0.25, 0.3) is 5.91 Å². The summed E-state index contributed by atoms with van der Waals surface area (Å²) in [6, 6.07) is 4.45. The van der Waals surface area contributed by atoms with Gasteiger partial charge in [-0.15, -0.1) is 0 Å². The molecular formula is C14H11F2NO3S. The van der Waals surface area contributed by atoms with Crippen LogP contribution in [0.4, 0.5) is 14.5 Å². The van der Waals surface area contributed by atoms with Gasteiger partial charge in [-0.05, 0) is 34.5 Å². The Bertz CT molecular complexity index is 644. The van der Waals surface area contributed by atoms with Crippen molar-refractivity contribution in [3.8, 4) is 0 Å². The summed E-state index contributed by atoms with van der Waals surface area (Å²) in [5.41, 5.74) is 0.496. The van der Waals surface area contributed by atoms with Gasteiger partial charge in [-0.25, -0.2) is 8.78 Å². The minimum Gasteiger partial charge on any atom is -0.455 e. The molecule has 7 heteroatoms. The fourth-order valence-corrected chi connectivity index (χ4v) is 2.21. The first-order chi connectivity index (χ1) is 10.0. The van der Waals surface area contributed by atoms with Gasteiger partial charge >= 0.3 is 5.97 Å². The highest BCUT2D eigenvalue weighted by Crippen LogP contribution is 2.15. The van der Waals surface area contributed by atoms with Crippen molar-refractivity contribution >= 4 is 28.9 Å². The molecule has 1 N–H and O–H groups in total. The molecule has 0 aliphatic rings. The van der Waals surface area contributed by atoms with E-state index < -0.39 is 30.1 Å². The van der Waals surface area contributed by atoms with Crippen LogP contribution in [0.5, 0.6) is 0 Å². The van der Waals surface area contributed by atoms with E-state index >= 15 is 0 Å². The number of nitrogens with one attached hydrogen (secondary N) is 1. The van der Waals surface area contributed by atoms with Crippen LogP contribution in [0, 0.1) is 11.6 Å². The normalized spacial score (nSPS) is 10.2. The summed E-state index contributed by atoms with van der Waals surface area (Å²) in [4.78, 5) is 23.0. The number of hydrogen-bond acceptors (Lipinski definition) is 4. The van der Waals surface area contributed by atoms with Crippen molar-refractivity contribution in [2.75, 3.05) is 11.9 Å². The standard InChI is InChI=1S/C14H11F2NO3S/c15-10-1-2-11(16)12(6-10)17-13(18)7-20-14(19)5-9-3-4-21-8-9/h1-4,6,8H,5,7H2,(H,17,18). The molecule has 0 saturated carbocycles. The number of hydrogen-bond donors (Lipinski definition) is 1. The second-order valence-electron chi connectivity index (χ2n) is 4.14. The topological polar surface area (TPSA) is 55.4 Å². The number of halogens is 2. The zero-order valence-electron chi connectivity index (χ0n) is 10.8. The molecule has 0 atom stereocenters. The van der Waals surface area contributed by atoms with Gasteiger partial charge in [-0.2, -0.15) is 11.3 Å². The molecule has 0 spiro atoms. The van der Waals surface area contributed by atoms with Gasteiger partial charge in [0.1, 0.15) is 11.6 Å². The highest BCUT2D eigenvalue weighted by atomic mass is 32.1. The molecule has 110 valence electrons. The summed E-state index contributed by atoms with van der Waals surface area (Å²) >= 11 is 1.45. The molecular weight excluding hydrogens is 300 g/mol. The second kappa shape index (κ2) is 6.94. The van der Waals surface area contributed by atoms with E-state index in [0.717, 1.165) is 23.8 Å². The van der Waals surface area contributed by atoms with E-state index in [-0.39, 0.29) is 12.1 Å². The molecule has 21 heavy (non-hydrogen) atoms. The van der Waals surface area contributed by atoms with Crippen LogP contribution in [0.25, 0.3) is 0 Å². The van der Waals surface area contributed by atoms with E-state index in [1.165, 1.54) is 11.3 Å².